The normalized spacial score (nSPS) is 13.5. The molecular weight excluding hydrogens is 717 g/mol. The summed E-state index contributed by atoms with van der Waals surface area (Å²) in [6, 6.07) is 0. The zero-order valence-corrected chi connectivity index (χ0v) is 37.0. The molecule has 0 aliphatic heterocycles. The summed E-state index contributed by atoms with van der Waals surface area (Å²) in [7, 11) is 0. The number of hydrogen-bond acceptors (Lipinski definition) is 5. The van der Waals surface area contributed by atoms with Gasteiger partial charge in [0.25, 0.3) is 0 Å². The van der Waals surface area contributed by atoms with Crippen LogP contribution in [-0.2, 0) is 23.8 Å². The van der Waals surface area contributed by atoms with Crippen molar-refractivity contribution in [1.82, 2.24) is 0 Å². The molecule has 5 nitrogen and oxygen atoms in total. The molecule has 0 spiro atoms. The van der Waals surface area contributed by atoms with E-state index in [0.29, 0.717) is 19.4 Å². The predicted octanol–water partition coefficient (Wildman–Crippen LogP) is 15.2. The Balaban J connectivity index is 4.51. The smallest absolute Gasteiger partial charge is 0.306 e. The third-order valence-corrected chi connectivity index (χ3v) is 8.68. The number of rotatable bonds is 39. The van der Waals surface area contributed by atoms with Crippen LogP contribution in [0.1, 0.15) is 162 Å². The lowest BCUT2D eigenvalue weighted by atomic mass is 10.1. The number of carbonyl (C=O) groups excluding carboxylic acids is 2. The van der Waals surface area contributed by atoms with E-state index in [1.54, 1.807) is 0 Å². The number of unbranched alkanes of at least 4 members (excludes halogenated alkanes) is 6. The highest BCUT2D eigenvalue weighted by Crippen LogP contribution is 2.09. The maximum atomic E-state index is 12.7. The Kier molecular flexibility index (Phi) is 44.2. The van der Waals surface area contributed by atoms with E-state index in [4.69, 9.17) is 14.2 Å². The number of allylic oxidation sites excluding steroid dienone is 22. The number of ether oxygens (including phenoxy) is 3. The highest BCUT2D eigenvalue weighted by molar-refractivity contribution is 5.70. The number of carbonyl (C=O) groups is 2. The Hall–Kier alpha value is -3.96. The zero-order valence-electron chi connectivity index (χ0n) is 37.0. The second kappa shape index (κ2) is 47.4. The van der Waals surface area contributed by atoms with Crippen molar-refractivity contribution >= 4 is 11.9 Å². The molecular formula is C53H82O5. The van der Waals surface area contributed by atoms with Gasteiger partial charge in [0.15, 0.2) is 6.10 Å². The summed E-state index contributed by atoms with van der Waals surface area (Å²) < 4.78 is 17.2. The molecule has 0 radical (unpaired) electrons. The SMILES string of the molecule is CC/C=C\C/C=C\C/C=C\C/C=C\CCCCC(=O)OCC(COCCCCCC/C=C\C/C=C\C/C=C\CC)OC(=O)CC/C=C\C/C=C\C/C=C\C/C=C\CC. The van der Waals surface area contributed by atoms with Crippen molar-refractivity contribution in [2.75, 3.05) is 19.8 Å². The van der Waals surface area contributed by atoms with Crippen LogP contribution in [0.15, 0.2) is 134 Å². The molecule has 0 aliphatic rings. The number of hydrogen-bond donors (Lipinski definition) is 0. The Morgan fingerprint density at radius 1 is 0.379 bits per heavy atom. The molecule has 1 atom stereocenters. The van der Waals surface area contributed by atoms with Crippen LogP contribution in [0.2, 0.25) is 0 Å². The third kappa shape index (κ3) is 44.8. The highest BCUT2D eigenvalue weighted by Gasteiger charge is 2.17. The monoisotopic (exact) mass is 799 g/mol. The Bertz CT molecular complexity index is 1270. The first-order chi connectivity index (χ1) is 28.6. The van der Waals surface area contributed by atoms with Crippen molar-refractivity contribution in [1.29, 1.82) is 0 Å². The predicted molar refractivity (Wildman–Crippen MR) is 251 cm³/mol. The van der Waals surface area contributed by atoms with E-state index < -0.39 is 6.10 Å². The fourth-order valence-corrected chi connectivity index (χ4v) is 5.41. The quantitative estimate of drug-likeness (QED) is 0.0352. The van der Waals surface area contributed by atoms with Crippen molar-refractivity contribution in [2.45, 2.75) is 168 Å². The Labute approximate surface area is 356 Å². The molecule has 58 heavy (non-hydrogen) atoms. The lowest BCUT2D eigenvalue weighted by Crippen LogP contribution is -2.30. The first-order valence-corrected chi connectivity index (χ1v) is 22.7. The Morgan fingerprint density at radius 3 is 1.21 bits per heavy atom. The van der Waals surface area contributed by atoms with Crippen LogP contribution in [-0.4, -0.2) is 37.9 Å². The number of esters is 2. The molecule has 0 heterocycles. The van der Waals surface area contributed by atoms with Gasteiger partial charge in [-0.05, 0) is 116 Å². The van der Waals surface area contributed by atoms with Crippen LogP contribution >= 0.6 is 0 Å². The summed E-state index contributed by atoms with van der Waals surface area (Å²) in [5.41, 5.74) is 0. The first-order valence-electron chi connectivity index (χ1n) is 22.7. The maximum Gasteiger partial charge on any atom is 0.306 e. The molecule has 0 fully saturated rings. The van der Waals surface area contributed by atoms with Gasteiger partial charge in [0.05, 0.1) is 6.61 Å². The van der Waals surface area contributed by atoms with E-state index >= 15 is 0 Å². The fourth-order valence-electron chi connectivity index (χ4n) is 5.41. The molecule has 0 aromatic rings. The van der Waals surface area contributed by atoms with Crippen LogP contribution < -0.4 is 0 Å². The van der Waals surface area contributed by atoms with Gasteiger partial charge in [-0.2, -0.15) is 0 Å². The van der Waals surface area contributed by atoms with Crippen LogP contribution in [0.25, 0.3) is 0 Å². The molecule has 0 saturated carbocycles. The fraction of sp³-hybridized carbons (Fsp3) is 0.547. The molecule has 0 aliphatic carbocycles. The molecule has 1 unspecified atom stereocenters. The Morgan fingerprint density at radius 2 is 0.759 bits per heavy atom. The molecule has 0 bridgehead atoms. The summed E-state index contributed by atoms with van der Waals surface area (Å²) in [5.74, 6) is -0.567. The van der Waals surface area contributed by atoms with Gasteiger partial charge in [-0.1, -0.05) is 167 Å². The molecule has 5 heteroatoms. The van der Waals surface area contributed by atoms with Crippen molar-refractivity contribution in [3.63, 3.8) is 0 Å². The van der Waals surface area contributed by atoms with Gasteiger partial charge in [0.1, 0.15) is 6.61 Å². The van der Waals surface area contributed by atoms with E-state index in [-0.39, 0.29) is 31.6 Å². The summed E-state index contributed by atoms with van der Waals surface area (Å²) >= 11 is 0. The average molecular weight is 799 g/mol. The third-order valence-electron chi connectivity index (χ3n) is 8.68. The topological polar surface area (TPSA) is 61.8 Å². The lowest BCUT2D eigenvalue weighted by molar-refractivity contribution is -0.162. The largest absolute Gasteiger partial charge is 0.462 e. The maximum absolute atomic E-state index is 12.7. The van der Waals surface area contributed by atoms with E-state index in [2.05, 4.69) is 148 Å². The molecule has 0 amide bonds. The first kappa shape index (κ1) is 54.0. The summed E-state index contributed by atoms with van der Waals surface area (Å²) in [4.78, 5) is 25.2. The van der Waals surface area contributed by atoms with Gasteiger partial charge in [0.2, 0.25) is 0 Å². The summed E-state index contributed by atoms with van der Waals surface area (Å²) in [6.45, 7) is 7.27. The second-order valence-electron chi connectivity index (χ2n) is 14.2. The van der Waals surface area contributed by atoms with Gasteiger partial charge >= 0.3 is 11.9 Å². The van der Waals surface area contributed by atoms with Crippen LogP contribution in [0.4, 0.5) is 0 Å². The van der Waals surface area contributed by atoms with Crippen LogP contribution in [0, 0.1) is 0 Å². The van der Waals surface area contributed by atoms with Gasteiger partial charge < -0.3 is 14.2 Å². The van der Waals surface area contributed by atoms with E-state index in [1.807, 2.05) is 6.08 Å². The zero-order chi connectivity index (χ0) is 42.1. The molecule has 0 rings (SSSR count). The summed E-state index contributed by atoms with van der Waals surface area (Å²) in [6.07, 6.45) is 67.6. The van der Waals surface area contributed by atoms with E-state index in [0.717, 1.165) is 116 Å². The van der Waals surface area contributed by atoms with Crippen molar-refractivity contribution in [2.24, 2.45) is 0 Å². The molecule has 0 N–H and O–H groups in total. The molecule has 0 aromatic heterocycles. The molecule has 0 saturated heterocycles. The minimum atomic E-state index is -0.611. The van der Waals surface area contributed by atoms with E-state index in [1.165, 1.54) is 6.42 Å². The summed E-state index contributed by atoms with van der Waals surface area (Å²) in [5, 5.41) is 0. The van der Waals surface area contributed by atoms with Crippen molar-refractivity contribution < 1.29 is 23.8 Å². The van der Waals surface area contributed by atoms with Crippen molar-refractivity contribution in [3.8, 4) is 0 Å². The van der Waals surface area contributed by atoms with Gasteiger partial charge in [-0.25, -0.2) is 0 Å². The van der Waals surface area contributed by atoms with Gasteiger partial charge in [-0.15, -0.1) is 0 Å². The van der Waals surface area contributed by atoms with Gasteiger partial charge in [0, 0.05) is 19.4 Å². The minimum absolute atomic E-state index is 0.0162. The van der Waals surface area contributed by atoms with Crippen LogP contribution in [0.5, 0.6) is 0 Å². The van der Waals surface area contributed by atoms with Crippen LogP contribution in [0.3, 0.4) is 0 Å². The standard InChI is InChI=1S/C53H82O5/c1-4-7-10-13-16-19-22-25-27-29-31-34-37-40-43-46-52(54)57-50-51(49-56-48-45-42-39-36-33-30-26-23-20-17-14-11-8-5-2)58-53(55)47-44-41-38-35-32-28-24-21-18-15-12-9-6-3/h7-12,16-21,25-28,30-32,34,38,41,51H,4-6,13-15,22-24,29,33,35-37,39-40,42-50H2,1-3H3/b10-7-,11-8-,12-9-,19-16-,20-17-,21-18-,27-25-,30-26-,32-28-,34-31-,41-38-. The molecule has 324 valence electrons. The van der Waals surface area contributed by atoms with Gasteiger partial charge in [-0.3, -0.25) is 9.59 Å². The minimum Gasteiger partial charge on any atom is -0.462 e. The molecule has 0 aromatic carbocycles. The lowest BCUT2D eigenvalue weighted by Gasteiger charge is -2.18. The average Bonchev–Trinajstić information content (AvgIpc) is 3.22. The second-order valence-corrected chi connectivity index (χ2v) is 14.2. The van der Waals surface area contributed by atoms with Crippen molar-refractivity contribution in [3.05, 3.63) is 134 Å². The van der Waals surface area contributed by atoms with E-state index in [9.17, 15) is 9.59 Å². The highest BCUT2D eigenvalue weighted by atomic mass is 16.6.